The standard InChI is InChI=1S/C18H22F3N3O/c1-17(2)11-23(12-18(19,20)21)7-8-24(17)10-14-9-13-5-3-4-6-15(13)22-16(14)25/h3-6,9H,7-8,10-12H2,1-2H3,(H,22,25). The number of nitrogens with one attached hydrogen (secondary N) is 1. The van der Waals surface area contributed by atoms with E-state index in [4.69, 9.17) is 0 Å². The number of piperazine rings is 1. The van der Waals surface area contributed by atoms with Crippen molar-refractivity contribution in [3.05, 3.63) is 46.2 Å². The van der Waals surface area contributed by atoms with E-state index in [1.807, 2.05) is 44.2 Å². The molecule has 0 unspecified atom stereocenters. The average molecular weight is 353 g/mol. The van der Waals surface area contributed by atoms with Gasteiger partial charge in [-0.3, -0.25) is 14.6 Å². The highest BCUT2D eigenvalue weighted by molar-refractivity contribution is 5.78. The summed E-state index contributed by atoms with van der Waals surface area (Å²) in [5.41, 5.74) is 0.829. The van der Waals surface area contributed by atoms with Crippen molar-refractivity contribution in [1.82, 2.24) is 14.8 Å². The van der Waals surface area contributed by atoms with Gasteiger partial charge in [-0.1, -0.05) is 18.2 Å². The van der Waals surface area contributed by atoms with Gasteiger partial charge in [-0.25, -0.2) is 0 Å². The monoisotopic (exact) mass is 353 g/mol. The molecule has 0 aliphatic carbocycles. The molecule has 0 atom stereocenters. The highest BCUT2D eigenvalue weighted by atomic mass is 19.4. The zero-order valence-electron chi connectivity index (χ0n) is 14.4. The van der Waals surface area contributed by atoms with Crippen LogP contribution in [0, 0.1) is 0 Å². The molecule has 0 saturated carbocycles. The fourth-order valence-electron chi connectivity index (χ4n) is 3.49. The molecule has 1 aliphatic rings. The Morgan fingerprint density at radius 1 is 1.20 bits per heavy atom. The van der Waals surface area contributed by atoms with Crippen LogP contribution in [0.2, 0.25) is 0 Å². The van der Waals surface area contributed by atoms with Crippen molar-refractivity contribution in [2.45, 2.75) is 32.1 Å². The molecule has 1 aliphatic heterocycles. The first-order valence-corrected chi connectivity index (χ1v) is 8.29. The molecule has 0 bridgehead atoms. The van der Waals surface area contributed by atoms with Gasteiger partial charge in [0.05, 0.1) is 6.54 Å². The Balaban J connectivity index is 1.77. The van der Waals surface area contributed by atoms with Crippen LogP contribution in [-0.2, 0) is 6.54 Å². The second kappa shape index (κ2) is 6.46. The number of pyridine rings is 1. The van der Waals surface area contributed by atoms with Gasteiger partial charge in [0.15, 0.2) is 0 Å². The Morgan fingerprint density at radius 2 is 1.92 bits per heavy atom. The number of nitrogens with zero attached hydrogens (tertiary/aromatic N) is 2. The predicted octanol–water partition coefficient (Wildman–Crippen LogP) is 2.99. The zero-order chi connectivity index (χ0) is 18.2. The first kappa shape index (κ1) is 17.9. The minimum atomic E-state index is -4.19. The molecule has 1 N–H and O–H groups in total. The summed E-state index contributed by atoms with van der Waals surface area (Å²) in [5, 5.41) is 0.950. The van der Waals surface area contributed by atoms with E-state index in [0.29, 0.717) is 31.7 Å². The molecule has 7 heteroatoms. The van der Waals surface area contributed by atoms with Crippen LogP contribution in [0.15, 0.2) is 35.1 Å². The van der Waals surface area contributed by atoms with Gasteiger partial charge in [0, 0.05) is 42.8 Å². The van der Waals surface area contributed by atoms with Gasteiger partial charge >= 0.3 is 6.18 Å². The molecule has 25 heavy (non-hydrogen) atoms. The first-order chi connectivity index (χ1) is 11.6. The van der Waals surface area contributed by atoms with Crippen LogP contribution in [0.4, 0.5) is 13.2 Å². The SMILES string of the molecule is CC1(C)CN(CC(F)(F)F)CCN1Cc1cc2ccccc2[nH]c1=O. The molecule has 0 amide bonds. The number of aromatic amines is 1. The van der Waals surface area contributed by atoms with E-state index < -0.39 is 18.3 Å². The maximum absolute atomic E-state index is 12.6. The van der Waals surface area contributed by atoms with E-state index in [9.17, 15) is 18.0 Å². The summed E-state index contributed by atoms with van der Waals surface area (Å²) in [6.07, 6.45) is -4.19. The molecular weight excluding hydrogens is 331 g/mol. The second-order valence-corrected chi connectivity index (χ2v) is 7.27. The first-order valence-electron chi connectivity index (χ1n) is 8.29. The maximum Gasteiger partial charge on any atom is 0.401 e. The summed E-state index contributed by atoms with van der Waals surface area (Å²) in [4.78, 5) is 18.7. The summed E-state index contributed by atoms with van der Waals surface area (Å²) in [6.45, 7) is 4.53. The lowest BCUT2D eigenvalue weighted by Crippen LogP contribution is -2.60. The Morgan fingerprint density at radius 3 is 2.60 bits per heavy atom. The Kier molecular flexibility index (Phi) is 4.64. The van der Waals surface area contributed by atoms with Gasteiger partial charge in [0.25, 0.3) is 5.56 Å². The average Bonchev–Trinajstić information content (AvgIpc) is 2.48. The molecule has 1 aromatic carbocycles. The Hall–Kier alpha value is -1.86. The number of benzene rings is 1. The number of aromatic nitrogens is 1. The van der Waals surface area contributed by atoms with Crippen molar-refractivity contribution in [3.63, 3.8) is 0 Å². The number of halogens is 3. The van der Waals surface area contributed by atoms with E-state index in [1.165, 1.54) is 4.90 Å². The van der Waals surface area contributed by atoms with E-state index in [2.05, 4.69) is 9.88 Å². The van der Waals surface area contributed by atoms with Crippen molar-refractivity contribution in [2.24, 2.45) is 0 Å². The summed E-state index contributed by atoms with van der Waals surface area (Å²) in [5.74, 6) is 0. The smallest absolute Gasteiger partial charge is 0.322 e. The molecule has 1 aromatic heterocycles. The highest BCUT2D eigenvalue weighted by Crippen LogP contribution is 2.26. The van der Waals surface area contributed by atoms with Crippen LogP contribution < -0.4 is 5.56 Å². The van der Waals surface area contributed by atoms with Crippen molar-refractivity contribution < 1.29 is 13.2 Å². The molecule has 0 radical (unpaired) electrons. The summed E-state index contributed by atoms with van der Waals surface area (Å²) in [6, 6.07) is 9.42. The molecule has 2 heterocycles. The number of hydrogen-bond donors (Lipinski definition) is 1. The van der Waals surface area contributed by atoms with Crippen molar-refractivity contribution in [3.8, 4) is 0 Å². The van der Waals surface area contributed by atoms with Gasteiger partial charge < -0.3 is 4.98 Å². The number of alkyl halides is 3. The fourth-order valence-corrected chi connectivity index (χ4v) is 3.49. The number of hydrogen-bond acceptors (Lipinski definition) is 3. The molecule has 136 valence electrons. The normalized spacial score (nSPS) is 19.4. The second-order valence-electron chi connectivity index (χ2n) is 7.27. The number of H-pyrrole nitrogens is 1. The molecule has 4 nitrogen and oxygen atoms in total. The number of para-hydroxylation sites is 1. The van der Waals surface area contributed by atoms with Crippen molar-refractivity contribution >= 4 is 10.9 Å². The van der Waals surface area contributed by atoms with Crippen LogP contribution >= 0.6 is 0 Å². The van der Waals surface area contributed by atoms with Crippen LogP contribution in [0.3, 0.4) is 0 Å². The van der Waals surface area contributed by atoms with Crippen LogP contribution in [0.5, 0.6) is 0 Å². The molecule has 1 saturated heterocycles. The topological polar surface area (TPSA) is 39.3 Å². The van der Waals surface area contributed by atoms with Gasteiger partial charge in [0.2, 0.25) is 0 Å². The largest absolute Gasteiger partial charge is 0.401 e. The molecular formula is C18H22F3N3O. The molecule has 0 spiro atoms. The van der Waals surface area contributed by atoms with Crippen LogP contribution in [-0.4, -0.2) is 52.7 Å². The molecule has 2 aromatic rings. The number of fused-ring (bicyclic) bond motifs is 1. The highest BCUT2D eigenvalue weighted by Gasteiger charge is 2.38. The van der Waals surface area contributed by atoms with E-state index >= 15 is 0 Å². The Labute approximate surface area is 144 Å². The van der Waals surface area contributed by atoms with Gasteiger partial charge in [-0.15, -0.1) is 0 Å². The van der Waals surface area contributed by atoms with E-state index in [-0.39, 0.29) is 5.56 Å². The maximum atomic E-state index is 12.6. The lowest BCUT2D eigenvalue weighted by Gasteiger charge is -2.47. The quantitative estimate of drug-likeness (QED) is 0.922. The third-order valence-electron chi connectivity index (χ3n) is 4.75. The summed E-state index contributed by atoms with van der Waals surface area (Å²) >= 11 is 0. The van der Waals surface area contributed by atoms with Crippen molar-refractivity contribution in [2.75, 3.05) is 26.2 Å². The zero-order valence-corrected chi connectivity index (χ0v) is 14.4. The van der Waals surface area contributed by atoms with E-state index in [1.54, 1.807) is 0 Å². The van der Waals surface area contributed by atoms with Gasteiger partial charge in [-0.2, -0.15) is 13.2 Å². The fraction of sp³-hybridized carbons (Fsp3) is 0.500. The molecule has 1 fully saturated rings. The third-order valence-corrected chi connectivity index (χ3v) is 4.75. The van der Waals surface area contributed by atoms with Crippen molar-refractivity contribution in [1.29, 1.82) is 0 Å². The minimum Gasteiger partial charge on any atom is -0.322 e. The summed E-state index contributed by atoms with van der Waals surface area (Å²) < 4.78 is 37.9. The van der Waals surface area contributed by atoms with Crippen LogP contribution in [0.25, 0.3) is 10.9 Å². The minimum absolute atomic E-state index is 0.146. The predicted molar refractivity (Wildman–Crippen MR) is 91.6 cm³/mol. The van der Waals surface area contributed by atoms with Crippen LogP contribution in [0.1, 0.15) is 19.4 Å². The lowest BCUT2D eigenvalue weighted by molar-refractivity contribution is -0.155. The molecule has 3 rings (SSSR count). The number of rotatable bonds is 3. The summed E-state index contributed by atoms with van der Waals surface area (Å²) in [7, 11) is 0. The van der Waals surface area contributed by atoms with Gasteiger partial charge in [-0.05, 0) is 31.4 Å². The van der Waals surface area contributed by atoms with Gasteiger partial charge in [0.1, 0.15) is 0 Å². The lowest BCUT2D eigenvalue weighted by atomic mass is 9.97. The third kappa shape index (κ3) is 4.22. The van der Waals surface area contributed by atoms with E-state index in [0.717, 1.165) is 10.9 Å². The Bertz CT molecular complexity index is 813.